The molecule has 0 bridgehead atoms. The van der Waals surface area contributed by atoms with Crippen molar-refractivity contribution in [1.29, 1.82) is 0 Å². The normalized spacial score (nSPS) is 14.2. The van der Waals surface area contributed by atoms with Gasteiger partial charge in [-0.2, -0.15) is 0 Å². The van der Waals surface area contributed by atoms with Crippen molar-refractivity contribution in [2.45, 2.75) is 0 Å². The highest BCUT2D eigenvalue weighted by molar-refractivity contribution is 9.10. The topological polar surface area (TPSA) is 42.4 Å². The summed E-state index contributed by atoms with van der Waals surface area (Å²) in [6, 6.07) is 13.1. The second-order valence-electron chi connectivity index (χ2n) is 5.88. The summed E-state index contributed by atoms with van der Waals surface area (Å²) in [5.41, 5.74) is 4.18. The van der Waals surface area contributed by atoms with Gasteiger partial charge in [-0.05, 0) is 60.8 Å². The zero-order chi connectivity index (χ0) is 18.4. The van der Waals surface area contributed by atoms with Crippen LogP contribution in [0.25, 0.3) is 17.3 Å². The number of fused-ring (bicyclic) bond motifs is 1. The molecule has 0 saturated carbocycles. The Labute approximate surface area is 168 Å². The van der Waals surface area contributed by atoms with Gasteiger partial charge in [0.1, 0.15) is 5.69 Å². The molecule has 0 saturated heterocycles. The molecule has 2 aromatic carbocycles. The third-order valence-electron chi connectivity index (χ3n) is 4.27. The maximum absolute atomic E-state index is 10.8. The maximum atomic E-state index is 10.8. The van der Waals surface area contributed by atoms with Crippen LogP contribution in [-0.2, 0) is 7.05 Å². The predicted molar refractivity (Wildman–Crippen MR) is 112 cm³/mol. The van der Waals surface area contributed by atoms with E-state index < -0.39 is 0 Å². The summed E-state index contributed by atoms with van der Waals surface area (Å²) >= 11 is 15.0. The van der Waals surface area contributed by atoms with Crippen LogP contribution in [0, 0.1) is 4.77 Å². The molecule has 4 nitrogen and oxygen atoms in total. The van der Waals surface area contributed by atoms with Crippen LogP contribution in [0.15, 0.2) is 51.9 Å². The molecule has 4 rings (SSSR count). The van der Waals surface area contributed by atoms with Gasteiger partial charge in [-0.25, -0.2) is 0 Å². The second kappa shape index (κ2) is 6.54. The van der Waals surface area contributed by atoms with E-state index in [9.17, 15) is 5.11 Å². The standard InChI is InChI=1S/C19H13BrClN3OS/c1-23-17(8-11-10-22-16-7-2-12(20)9-15(11)16)18(25)24(19(23)26)14-5-3-13(21)4-6-14/h2-10,25H,1H3. The quantitative estimate of drug-likeness (QED) is 0.496. The van der Waals surface area contributed by atoms with Gasteiger partial charge < -0.3 is 9.67 Å². The van der Waals surface area contributed by atoms with Gasteiger partial charge in [0.05, 0.1) is 11.4 Å². The highest BCUT2D eigenvalue weighted by atomic mass is 79.9. The molecule has 1 aliphatic heterocycles. The number of rotatable bonds is 2. The summed E-state index contributed by atoms with van der Waals surface area (Å²) in [6.45, 7) is 0. The van der Waals surface area contributed by atoms with Crippen molar-refractivity contribution < 1.29 is 5.11 Å². The van der Waals surface area contributed by atoms with Crippen molar-refractivity contribution in [3.8, 4) is 11.6 Å². The van der Waals surface area contributed by atoms with Crippen molar-refractivity contribution in [1.82, 2.24) is 9.13 Å². The fourth-order valence-corrected chi connectivity index (χ4v) is 3.69. The van der Waals surface area contributed by atoms with E-state index in [4.69, 9.17) is 23.8 Å². The molecule has 3 aromatic rings. The summed E-state index contributed by atoms with van der Waals surface area (Å²) in [5, 5.41) is 11.4. The Hall–Kier alpha value is -2.15. The zero-order valence-electron chi connectivity index (χ0n) is 13.6. The van der Waals surface area contributed by atoms with Crippen LogP contribution in [0.5, 0.6) is 5.88 Å². The van der Waals surface area contributed by atoms with Crippen LogP contribution < -0.4 is 0 Å². The predicted octanol–water partition coefficient (Wildman–Crippen LogP) is 5.92. The van der Waals surface area contributed by atoms with E-state index >= 15 is 0 Å². The number of halogens is 2. The Morgan fingerprint density at radius 3 is 2.65 bits per heavy atom. The Bertz CT molecular complexity index is 1140. The van der Waals surface area contributed by atoms with E-state index in [1.54, 1.807) is 27.5 Å². The number of aromatic hydroxyl groups is 1. The van der Waals surface area contributed by atoms with Crippen LogP contribution in [-0.4, -0.2) is 20.5 Å². The number of hydrogen-bond acceptors (Lipinski definition) is 3. The Kier molecular flexibility index (Phi) is 4.34. The molecule has 7 heteroatoms. The molecular formula is C19H13BrClN3OS. The highest BCUT2D eigenvalue weighted by Gasteiger charge is 2.18. The number of hydrogen-bond donors (Lipinski definition) is 1. The number of allylic oxidation sites excluding steroid dienone is 1. The van der Waals surface area contributed by atoms with Gasteiger partial charge in [0.15, 0.2) is 4.77 Å². The first-order valence-electron chi connectivity index (χ1n) is 7.78. The van der Waals surface area contributed by atoms with Gasteiger partial charge in [-0.1, -0.05) is 27.5 Å². The number of nitrogens with zero attached hydrogens (tertiary/aromatic N) is 3. The van der Waals surface area contributed by atoms with E-state index in [1.807, 2.05) is 43.5 Å². The summed E-state index contributed by atoms with van der Waals surface area (Å²) in [7, 11) is 1.83. The fourth-order valence-electron chi connectivity index (χ4n) is 2.92. The molecular weight excluding hydrogens is 434 g/mol. The van der Waals surface area contributed by atoms with Crippen LogP contribution in [0.1, 0.15) is 11.3 Å². The van der Waals surface area contributed by atoms with Gasteiger partial charge in [0, 0.05) is 33.9 Å². The minimum atomic E-state index is 0.0733. The van der Waals surface area contributed by atoms with E-state index in [1.165, 1.54) is 0 Å². The second-order valence-corrected chi connectivity index (χ2v) is 7.60. The lowest BCUT2D eigenvalue weighted by Crippen LogP contribution is -1.95. The van der Waals surface area contributed by atoms with Crippen LogP contribution >= 0.6 is 39.7 Å². The Morgan fingerprint density at radius 2 is 1.92 bits per heavy atom. The molecule has 0 spiro atoms. The van der Waals surface area contributed by atoms with Gasteiger partial charge in [0.25, 0.3) is 0 Å². The first-order valence-corrected chi connectivity index (χ1v) is 9.36. The number of benzene rings is 2. The largest absolute Gasteiger partial charge is 0.493 e. The molecule has 0 unspecified atom stereocenters. The average Bonchev–Trinajstić information content (AvgIpc) is 3.10. The molecule has 26 heavy (non-hydrogen) atoms. The minimum absolute atomic E-state index is 0.0733. The summed E-state index contributed by atoms with van der Waals surface area (Å²) < 4.78 is 4.85. The number of aromatic nitrogens is 2. The molecule has 0 fully saturated rings. The van der Waals surface area contributed by atoms with Gasteiger partial charge in [-0.15, -0.1) is 0 Å². The average molecular weight is 447 g/mol. The van der Waals surface area contributed by atoms with Gasteiger partial charge >= 0.3 is 0 Å². The lowest BCUT2D eigenvalue weighted by molar-refractivity contribution is 0.440. The fraction of sp³-hybridized carbons (Fsp3) is 0.0526. The van der Waals surface area contributed by atoms with Crippen molar-refractivity contribution in [2.24, 2.45) is 12.0 Å². The molecule has 130 valence electrons. The first-order chi connectivity index (χ1) is 12.5. The van der Waals surface area contributed by atoms with E-state index in [-0.39, 0.29) is 5.88 Å². The van der Waals surface area contributed by atoms with E-state index in [0.717, 1.165) is 27.0 Å². The highest BCUT2D eigenvalue weighted by Crippen LogP contribution is 2.36. The third kappa shape index (κ3) is 2.84. The molecule has 0 atom stereocenters. The van der Waals surface area contributed by atoms with Crippen molar-refractivity contribution in [3.05, 3.63) is 68.0 Å². The van der Waals surface area contributed by atoms with Gasteiger partial charge in [0.2, 0.25) is 5.88 Å². The van der Waals surface area contributed by atoms with Crippen LogP contribution in [0.4, 0.5) is 5.69 Å². The van der Waals surface area contributed by atoms with E-state index in [0.29, 0.717) is 15.5 Å². The third-order valence-corrected chi connectivity index (χ3v) is 5.47. The Balaban J connectivity index is 1.87. The van der Waals surface area contributed by atoms with Crippen molar-refractivity contribution >= 4 is 63.3 Å². The molecule has 0 amide bonds. The SMILES string of the molecule is Cn1c(C=C2C=Nc3ccc(Br)cc32)c(O)n(-c2ccc(Cl)cc2)c1=S. The lowest BCUT2D eigenvalue weighted by atomic mass is 10.1. The zero-order valence-corrected chi connectivity index (χ0v) is 16.8. The monoisotopic (exact) mass is 445 g/mol. The molecule has 1 aromatic heterocycles. The first kappa shape index (κ1) is 17.3. The molecule has 1 aliphatic rings. The maximum Gasteiger partial charge on any atom is 0.222 e. The molecule has 0 aliphatic carbocycles. The molecule has 1 N–H and O–H groups in total. The molecule has 2 heterocycles. The minimum Gasteiger partial charge on any atom is -0.493 e. The molecule has 0 radical (unpaired) electrons. The van der Waals surface area contributed by atoms with Gasteiger partial charge in [-0.3, -0.25) is 9.56 Å². The number of aliphatic imine (C=N–C) groups is 1. The Morgan fingerprint density at radius 1 is 1.19 bits per heavy atom. The summed E-state index contributed by atoms with van der Waals surface area (Å²) in [4.78, 5) is 4.42. The van der Waals surface area contributed by atoms with E-state index in [2.05, 4.69) is 20.9 Å². The summed E-state index contributed by atoms with van der Waals surface area (Å²) in [5.74, 6) is 0.0733. The van der Waals surface area contributed by atoms with Crippen LogP contribution in [0.2, 0.25) is 5.02 Å². The van der Waals surface area contributed by atoms with Crippen molar-refractivity contribution in [2.75, 3.05) is 0 Å². The smallest absolute Gasteiger partial charge is 0.222 e. The van der Waals surface area contributed by atoms with Crippen LogP contribution in [0.3, 0.4) is 0 Å². The summed E-state index contributed by atoms with van der Waals surface area (Å²) in [6.07, 6.45) is 3.68. The van der Waals surface area contributed by atoms with Crippen molar-refractivity contribution in [3.63, 3.8) is 0 Å². The lowest BCUT2D eigenvalue weighted by Gasteiger charge is -2.04. The number of imidazole rings is 1.